The number of hydrogen-bond acceptors (Lipinski definition) is 1. The lowest BCUT2D eigenvalue weighted by molar-refractivity contribution is 0.100. The van der Waals surface area contributed by atoms with Crippen molar-refractivity contribution in [3.05, 3.63) is 60.3 Å². The lowest BCUT2D eigenvalue weighted by Crippen LogP contribution is -2.11. The first-order valence-corrected chi connectivity index (χ1v) is 6.71. The Balaban J connectivity index is 1.93. The van der Waals surface area contributed by atoms with Gasteiger partial charge in [-0.2, -0.15) is 0 Å². The molecule has 0 fully saturated rings. The first-order chi connectivity index (χ1) is 10.2. The summed E-state index contributed by atoms with van der Waals surface area (Å²) >= 11 is 0. The van der Waals surface area contributed by atoms with E-state index in [1.807, 2.05) is 42.6 Å². The molecule has 0 saturated heterocycles. The van der Waals surface area contributed by atoms with Gasteiger partial charge in [0, 0.05) is 28.2 Å². The summed E-state index contributed by atoms with van der Waals surface area (Å²) in [4.78, 5) is 18.0. The molecule has 4 aromatic rings. The van der Waals surface area contributed by atoms with E-state index in [9.17, 15) is 4.79 Å². The molecule has 0 atom stereocenters. The van der Waals surface area contributed by atoms with Crippen LogP contribution in [0, 0.1) is 0 Å². The molecule has 0 spiro atoms. The summed E-state index contributed by atoms with van der Waals surface area (Å²) in [7, 11) is 0. The van der Waals surface area contributed by atoms with Crippen molar-refractivity contribution in [3.8, 4) is 11.3 Å². The van der Waals surface area contributed by atoms with E-state index in [0.717, 1.165) is 33.1 Å². The molecule has 0 radical (unpaired) electrons. The maximum atomic E-state index is 11.5. The smallest absolute Gasteiger partial charge is 0.250 e. The van der Waals surface area contributed by atoms with Crippen LogP contribution in [0.4, 0.5) is 0 Å². The molecule has 1 amide bonds. The van der Waals surface area contributed by atoms with Gasteiger partial charge < -0.3 is 15.7 Å². The number of aromatic nitrogens is 2. The van der Waals surface area contributed by atoms with Crippen molar-refractivity contribution in [3.63, 3.8) is 0 Å². The van der Waals surface area contributed by atoms with Crippen LogP contribution in [0.2, 0.25) is 0 Å². The average molecular weight is 275 g/mol. The van der Waals surface area contributed by atoms with Gasteiger partial charge in [0.1, 0.15) is 0 Å². The molecule has 4 N–H and O–H groups in total. The van der Waals surface area contributed by atoms with E-state index in [1.54, 1.807) is 6.07 Å². The largest absolute Gasteiger partial charge is 0.366 e. The molecule has 4 rings (SSSR count). The van der Waals surface area contributed by atoms with Crippen molar-refractivity contribution >= 4 is 27.7 Å². The second-order valence-corrected chi connectivity index (χ2v) is 5.10. The molecule has 0 bridgehead atoms. The molecule has 0 aliphatic heterocycles. The number of amides is 1. The maximum Gasteiger partial charge on any atom is 0.250 e. The molecule has 102 valence electrons. The molecular weight excluding hydrogens is 262 g/mol. The van der Waals surface area contributed by atoms with Crippen LogP contribution < -0.4 is 5.73 Å². The standard InChI is InChI=1S/C17H13N3O/c18-17(21)13-3-1-2-12-9-15(20-16(12)13)10-4-5-14-11(8-10)6-7-19-14/h1-9,19-20H,(H2,18,21). The SMILES string of the molecule is NC(=O)c1cccc2cc(-c3ccc4[nH]ccc4c3)[nH]c12. The number of primary amides is 1. The Morgan fingerprint density at radius 3 is 2.76 bits per heavy atom. The van der Waals surface area contributed by atoms with E-state index >= 15 is 0 Å². The quantitative estimate of drug-likeness (QED) is 0.515. The number of nitrogens with one attached hydrogen (secondary N) is 2. The van der Waals surface area contributed by atoms with Crippen molar-refractivity contribution in [2.45, 2.75) is 0 Å². The van der Waals surface area contributed by atoms with Crippen LogP contribution in [0.5, 0.6) is 0 Å². The average Bonchev–Trinajstić information content (AvgIpc) is 3.11. The molecule has 0 aliphatic rings. The molecule has 21 heavy (non-hydrogen) atoms. The number of hydrogen-bond donors (Lipinski definition) is 3. The zero-order valence-electron chi connectivity index (χ0n) is 11.2. The van der Waals surface area contributed by atoms with Crippen LogP contribution in [-0.4, -0.2) is 15.9 Å². The summed E-state index contributed by atoms with van der Waals surface area (Å²) in [6.07, 6.45) is 1.92. The minimum Gasteiger partial charge on any atom is -0.366 e. The fourth-order valence-corrected chi connectivity index (χ4v) is 2.74. The minimum absolute atomic E-state index is 0.421. The van der Waals surface area contributed by atoms with Crippen molar-refractivity contribution in [1.82, 2.24) is 9.97 Å². The van der Waals surface area contributed by atoms with Gasteiger partial charge in [0.2, 0.25) is 0 Å². The zero-order valence-corrected chi connectivity index (χ0v) is 11.2. The van der Waals surface area contributed by atoms with Crippen LogP contribution in [0.1, 0.15) is 10.4 Å². The summed E-state index contributed by atoms with van der Waals surface area (Å²) < 4.78 is 0. The Hall–Kier alpha value is -3.01. The molecule has 4 nitrogen and oxygen atoms in total. The van der Waals surface area contributed by atoms with Gasteiger partial charge >= 0.3 is 0 Å². The maximum absolute atomic E-state index is 11.5. The number of para-hydroxylation sites is 1. The third kappa shape index (κ3) is 1.80. The van der Waals surface area contributed by atoms with Gasteiger partial charge in [-0.1, -0.05) is 18.2 Å². The molecular formula is C17H13N3O. The second-order valence-electron chi connectivity index (χ2n) is 5.10. The van der Waals surface area contributed by atoms with Crippen LogP contribution in [0.25, 0.3) is 33.1 Å². The first-order valence-electron chi connectivity index (χ1n) is 6.71. The summed E-state index contributed by atoms with van der Waals surface area (Å²) in [5.74, 6) is -0.421. The van der Waals surface area contributed by atoms with Gasteiger partial charge in [0.05, 0.1) is 11.1 Å². The predicted octanol–water partition coefficient (Wildman–Crippen LogP) is 3.42. The Bertz CT molecular complexity index is 978. The fourth-order valence-electron chi connectivity index (χ4n) is 2.74. The molecule has 2 heterocycles. The van der Waals surface area contributed by atoms with Crippen LogP contribution in [0.15, 0.2) is 54.7 Å². The highest BCUT2D eigenvalue weighted by Crippen LogP contribution is 2.28. The molecule has 2 aromatic heterocycles. The molecule has 2 aromatic carbocycles. The molecule has 4 heteroatoms. The number of carbonyl (C=O) groups excluding carboxylic acids is 1. The normalized spacial score (nSPS) is 11.2. The number of aromatic amines is 2. The van der Waals surface area contributed by atoms with Crippen LogP contribution in [0.3, 0.4) is 0 Å². The van der Waals surface area contributed by atoms with Gasteiger partial charge in [0.25, 0.3) is 5.91 Å². The summed E-state index contributed by atoms with van der Waals surface area (Å²) in [6, 6.07) is 15.8. The number of benzene rings is 2. The first kappa shape index (κ1) is 11.8. The van der Waals surface area contributed by atoms with E-state index < -0.39 is 5.91 Å². The Kier molecular flexibility index (Phi) is 2.38. The molecule has 0 saturated carbocycles. The Morgan fingerprint density at radius 1 is 1.00 bits per heavy atom. The minimum atomic E-state index is -0.421. The lowest BCUT2D eigenvalue weighted by atomic mass is 10.1. The van der Waals surface area contributed by atoms with Crippen molar-refractivity contribution in [2.24, 2.45) is 5.73 Å². The van der Waals surface area contributed by atoms with Gasteiger partial charge in [-0.05, 0) is 35.9 Å². The third-order valence-corrected chi connectivity index (χ3v) is 3.79. The number of carbonyl (C=O) groups is 1. The van der Waals surface area contributed by atoms with E-state index in [-0.39, 0.29) is 0 Å². The summed E-state index contributed by atoms with van der Waals surface area (Å²) in [6.45, 7) is 0. The van der Waals surface area contributed by atoms with E-state index in [0.29, 0.717) is 5.56 Å². The number of H-pyrrole nitrogens is 2. The van der Waals surface area contributed by atoms with Gasteiger partial charge in [-0.25, -0.2) is 0 Å². The van der Waals surface area contributed by atoms with Crippen LogP contribution in [-0.2, 0) is 0 Å². The highest BCUT2D eigenvalue weighted by Gasteiger charge is 2.10. The predicted molar refractivity (Wildman–Crippen MR) is 84.1 cm³/mol. The van der Waals surface area contributed by atoms with E-state index in [4.69, 9.17) is 5.73 Å². The van der Waals surface area contributed by atoms with Gasteiger partial charge in [-0.15, -0.1) is 0 Å². The highest BCUT2D eigenvalue weighted by molar-refractivity contribution is 6.06. The summed E-state index contributed by atoms with van der Waals surface area (Å²) in [5.41, 5.74) is 9.88. The molecule has 0 aliphatic carbocycles. The van der Waals surface area contributed by atoms with E-state index in [1.165, 1.54) is 0 Å². The Labute approximate surface area is 120 Å². The highest BCUT2D eigenvalue weighted by atomic mass is 16.1. The number of fused-ring (bicyclic) bond motifs is 2. The summed E-state index contributed by atoms with van der Waals surface area (Å²) in [5, 5.41) is 2.14. The van der Waals surface area contributed by atoms with Gasteiger partial charge in [-0.3, -0.25) is 4.79 Å². The number of nitrogens with two attached hydrogens (primary N) is 1. The Morgan fingerprint density at radius 2 is 1.90 bits per heavy atom. The van der Waals surface area contributed by atoms with Crippen LogP contribution >= 0.6 is 0 Å². The molecule has 0 unspecified atom stereocenters. The second kappa shape index (κ2) is 4.24. The zero-order chi connectivity index (χ0) is 14.4. The lowest BCUT2D eigenvalue weighted by Gasteiger charge is -1.99. The van der Waals surface area contributed by atoms with Crippen molar-refractivity contribution in [2.75, 3.05) is 0 Å². The topological polar surface area (TPSA) is 74.7 Å². The van der Waals surface area contributed by atoms with Gasteiger partial charge in [0.15, 0.2) is 0 Å². The van der Waals surface area contributed by atoms with E-state index in [2.05, 4.69) is 16.0 Å². The number of rotatable bonds is 2. The third-order valence-electron chi connectivity index (χ3n) is 3.79. The van der Waals surface area contributed by atoms with Crippen molar-refractivity contribution < 1.29 is 4.79 Å². The monoisotopic (exact) mass is 275 g/mol. The van der Waals surface area contributed by atoms with Crippen molar-refractivity contribution in [1.29, 1.82) is 0 Å². The fraction of sp³-hybridized carbons (Fsp3) is 0.